The van der Waals surface area contributed by atoms with Gasteiger partial charge in [0.2, 0.25) is 0 Å². The van der Waals surface area contributed by atoms with Crippen molar-refractivity contribution in [2.24, 2.45) is 11.8 Å². The zero-order chi connectivity index (χ0) is 11.7. The van der Waals surface area contributed by atoms with E-state index in [0.29, 0.717) is 0 Å². The van der Waals surface area contributed by atoms with Gasteiger partial charge in [-0.3, -0.25) is 14.4 Å². The summed E-state index contributed by atoms with van der Waals surface area (Å²) in [7, 11) is 0. The maximum atomic E-state index is 11.9. The first-order valence-corrected chi connectivity index (χ1v) is 5.06. The number of carbonyl (C=O) groups excluding carboxylic acids is 3. The van der Waals surface area contributed by atoms with Gasteiger partial charge >= 0.3 is 0 Å². The maximum Gasteiger partial charge on any atom is 0.158 e. The molecule has 0 aromatic heterocycles. The molecule has 0 amide bonds. The molecule has 1 aliphatic rings. The predicted octanol–water partition coefficient (Wildman–Crippen LogP) is 0.773. The van der Waals surface area contributed by atoms with Gasteiger partial charge in [-0.05, 0) is 27.7 Å². The Bertz CT molecular complexity index is 280. The van der Waals surface area contributed by atoms with Crippen LogP contribution in [0.1, 0.15) is 27.7 Å². The fourth-order valence-electron chi connectivity index (χ4n) is 2.21. The number of carbonyl (C=O) groups is 3. The Kier molecular flexibility index (Phi) is 3.39. The zero-order valence-corrected chi connectivity index (χ0v) is 9.44. The summed E-state index contributed by atoms with van der Waals surface area (Å²) in [5, 5.41) is 0. The van der Waals surface area contributed by atoms with Crippen molar-refractivity contribution in [2.75, 3.05) is 0 Å². The molecule has 4 nitrogen and oxygen atoms in total. The molecule has 4 unspecified atom stereocenters. The number of hydrogen-bond donors (Lipinski definition) is 0. The average molecular weight is 212 g/mol. The van der Waals surface area contributed by atoms with Crippen LogP contribution in [0, 0.1) is 11.8 Å². The highest BCUT2D eigenvalue weighted by Gasteiger charge is 2.45. The lowest BCUT2D eigenvalue weighted by Gasteiger charge is -2.35. The van der Waals surface area contributed by atoms with Gasteiger partial charge in [0.15, 0.2) is 5.78 Å². The van der Waals surface area contributed by atoms with Gasteiger partial charge in [-0.1, -0.05) is 0 Å². The highest BCUT2D eigenvalue weighted by Crippen LogP contribution is 2.27. The van der Waals surface area contributed by atoms with Gasteiger partial charge in [0.25, 0.3) is 0 Å². The lowest BCUT2D eigenvalue weighted by molar-refractivity contribution is -0.162. The molecule has 0 saturated carbocycles. The molecule has 1 rings (SSSR count). The van der Waals surface area contributed by atoms with Crippen LogP contribution in [0.3, 0.4) is 0 Å². The van der Waals surface area contributed by atoms with E-state index in [1.807, 2.05) is 0 Å². The number of Topliss-reactive ketones (excluding diaryl/α,β-unsaturated/α-hetero) is 3. The first kappa shape index (κ1) is 12.0. The fourth-order valence-corrected chi connectivity index (χ4v) is 2.21. The van der Waals surface area contributed by atoms with E-state index in [1.54, 1.807) is 13.8 Å². The Morgan fingerprint density at radius 2 is 1.33 bits per heavy atom. The highest BCUT2D eigenvalue weighted by molar-refractivity contribution is 6.11. The highest BCUT2D eigenvalue weighted by atomic mass is 16.5. The molecule has 4 heteroatoms. The summed E-state index contributed by atoms with van der Waals surface area (Å²) in [6.07, 6.45) is -0.860. The van der Waals surface area contributed by atoms with Gasteiger partial charge in [0.05, 0.1) is 12.2 Å². The second-order valence-corrected chi connectivity index (χ2v) is 4.13. The van der Waals surface area contributed by atoms with Gasteiger partial charge in [0, 0.05) is 0 Å². The predicted molar refractivity (Wildman–Crippen MR) is 53.4 cm³/mol. The Balaban J connectivity index is 2.99. The van der Waals surface area contributed by atoms with Crippen LogP contribution in [-0.2, 0) is 19.1 Å². The lowest BCUT2D eigenvalue weighted by atomic mass is 9.79. The molecule has 0 spiro atoms. The average Bonchev–Trinajstić information content (AvgIpc) is 1.99. The van der Waals surface area contributed by atoms with Gasteiger partial charge in [-0.15, -0.1) is 0 Å². The Hall–Kier alpha value is -1.03. The third kappa shape index (κ3) is 2.15. The van der Waals surface area contributed by atoms with E-state index in [1.165, 1.54) is 13.8 Å². The van der Waals surface area contributed by atoms with Crippen molar-refractivity contribution in [1.29, 1.82) is 0 Å². The Morgan fingerprint density at radius 3 is 1.60 bits per heavy atom. The van der Waals surface area contributed by atoms with Gasteiger partial charge in [0.1, 0.15) is 23.4 Å². The van der Waals surface area contributed by atoms with Crippen LogP contribution in [0.25, 0.3) is 0 Å². The number of rotatable bonds is 2. The molecular formula is C11H16O4. The third-order valence-electron chi connectivity index (χ3n) is 2.86. The van der Waals surface area contributed by atoms with E-state index >= 15 is 0 Å². The van der Waals surface area contributed by atoms with Crippen molar-refractivity contribution in [3.63, 3.8) is 0 Å². The summed E-state index contributed by atoms with van der Waals surface area (Å²) in [6.45, 7) is 6.10. The zero-order valence-electron chi connectivity index (χ0n) is 9.44. The van der Waals surface area contributed by atoms with Crippen LogP contribution >= 0.6 is 0 Å². The largest absolute Gasteiger partial charge is 0.373 e. The van der Waals surface area contributed by atoms with Crippen LogP contribution in [0.2, 0.25) is 0 Å². The molecule has 0 radical (unpaired) electrons. The normalized spacial score (nSPS) is 36.4. The van der Waals surface area contributed by atoms with E-state index in [9.17, 15) is 14.4 Å². The topological polar surface area (TPSA) is 60.4 Å². The molecular weight excluding hydrogens is 196 g/mol. The summed E-state index contributed by atoms with van der Waals surface area (Å²) in [6, 6.07) is 0. The minimum Gasteiger partial charge on any atom is -0.373 e. The van der Waals surface area contributed by atoms with Crippen molar-refractivity contribution in [3.05, 3.63) is 0 Å². The van der Waals surface area contributed by atoms with E-state index < -0.39 is 24.0 Å². The molecule has 0 aromatic rings. The first-order chi connectivity index (χ1) is 6.86. The van der Waals surface area contributed by atoms with Gasteiger partial charge in [-0.2, -0.15) is 0 Å². The fraction of sp³-hybridized carbons (Fsp3) is 0.727. The quantitative estimate of drug-likeness (QED) is 0.634. The Morgan fingerprint density at radius 1 is 1.00 bits per heavy atom. The van der Waals surface area contributed by atoms with Crippen molar-refractivity contribution in [3.8, 4) is 0 Å². The van der Waals surface area contributed by atoms with E-state index in [4.69, 9.17) is 4.74 Å². The molecule has 0 aromatic carbocycles. The second kappa shape index (κ2) is 4.23. The first-order valence-electron chi connectivity index (χ1n) is 5.06. The molecule has 0 aliphatic carbocycles. The summed E-state index contributed by atoms with van der Waals surface area (Å²) in [5.74, 6) is -2.32. The SMILES string of the molecule is CC(=O)C1C(=O)C(C(C)=O)C(C)OC1C. The van der Waals surface area contributed by atoms with Crippen molar-refractivity contribution >= 4 is 17.3 Å². The van der Waals surface area contributed by atoms with Gasteiger partial charge in [-0.25, -0.2) is 0 Å². The molecule has 4 atom stereocenters. The lowest BCUT2D eigenvalue weighted by Crippen LogP contribution is -2.51. The number of ether oxygens (including phenoxy) is 1. The third-order valence-corrected chi connectivity index (χ3v) is 2.86. The van der Waals surface area contributed by atoms with Crippen molar-refractivity contribution in [2.45, 2.75) is 39.9 Å². The molecule has 0 bridgehead atoms. The maximum absolute atomic E-state index is 11.9. The van der Waals surface area contributed by atoms with Crippen LogP contribution in [0.15, 0.2) is 0 Å². The van der Waals surface area contributed by atoms with Crippen LogP contribution in [-0.4, -0.2) is 29.6 Å². The summed E-state index contributed by atoms with van der Waals surface area (Å²) in [5.41, 5.74) is 0. The standard InChI is InChI=1S/C11H16O4/c1-5(12)9-7(3)15-8(4)10(6(2)13)11(9)14/h7-10H,1-4H3. The Labute approximate surface area is 89.0 Å². The summed E-state index contributed by atoms with van der Waals surface area (Å²) < 4.78 is 5.44. The molecule has 1 heterocycles. The van der Waals surface area contributed by atoms with Crippen molar-refractivity contribution < 1.29 is 19.1 Å². The van der Waals surface area contributed by atoms with E-state index in [0.717, 1.165) is 0 Å². The molecule has 84 valence electrons. The minimum atomic E-state index is -0.782. The second-order valence-electron chi connectivity index (χ2n) is 4.13. The monoisotopic (exact) mass is 212 g/mol. The number of hydrogen-bond acceptors (Lipinski definition) is 4. The summed E-state index contributed by atoms with van der Waals surface area (Å²) >= 11 is 0. The van der Waals surface area contributed by atoms with Crippen LogP contribution < -0.4 is 0 Å². The van der Waals surface area contributed by atoms with E-state index in [2.05, 4.69) is 0 Å². The van der Waals surface area contributed by atoms with E-state index in [-0.39, 0.29) is 17.3 Å². The minimum absolute atomic E-state index is 0.231. The molecule has 1 fully saturated rings. The smallest absolute Gasteiger partial charge is 0.158 e. The molecule has 1 saturated heterocycles. The van der Waals surface area contributed by atoms with Crippen LogP contribution in [0.5, 0.6) is 0 Å². The van der Waals surface area contributed by atoms with Gasteiger partial charge < -0.3 is 4.74 Å². The number of ketones is 3. The van der Waals surface area contributed by atoms with Crippen molar-refractivity contribution in [1.82, 2.24) is 0 Å². The van der Waals surface area contributed by atoms with Crippen LogP contribution in [0.4, 0.5) is 0 Å². The molecule has 0 N–H and O–H groups in total. The summed E-state index contributed by atoms with van der Waals surface area (Å²) in [4.78, 5) is 34.5. The molecule has 1 aliphatic heterocycles. The molecule has 15 heavy (non-hydrogen) atoms.